The highest BCUT2D eigenvalue weighted by atomic mass is 35.5. The molecule has 120 valence electrons. The molecule has 2 aromatic heterocycles. The quantitative estimate of drug-likeness (QED) is 0.771. The van der Waals surface area contributed by atoms with E-state index in [0.29, 0.717) is 5.92 Å². The Labute approximate surface area is 140 Å². The van der Waals surface area contributed by atoms with E-state index in [1.807, 2.05) is 12.1 Å². The number of likely N-dealkylation sites (tertiary alicyclic amines) is 1. The van der Waals surface area contributed by atoms with E-state index in [-0.39, 0.29) is 0 Å². The van der Waals surface area contributed by atoms with Crippen molar-refractivity contribution in [3.05, 3.63) is 46.6 Å². The number of rotatable bonds is 3. The monoisotopic (exact) mass is 329 g/mol. The Kier molecular flexibility index (Phi) is 3.83. The molecule has 0 saturated carbocycles. The van der Waals surface area contributed by atoms with Crippen LogP contribution in [0.25, 0.3) is 10.9 Å². The third-order valence-electron chi connectivity index (χ3n) is 4.91. The minimum atomic E-state index is 0.511. The number of aromatic amines is 2. The zero-order valence-corrected chi connectivity index (χ0v) is 13.9. The van der Waals surface area contributed by atoms with Crippen LogP contribution in [0.4, 0.5) is 0 Å². The lowest BCUT2D eigenvalue weighted by molar-refractivity contribution is 0.200. The lowest BCUT2D eigenvalue weighted by Gasteiger charge is -2.30. The first kappa shape index (κ1) is 14.7. The number of aromatic nitrogens is 4. The number of H-pyrrole nitrogens is 2. The maximum atomic E-state index is 6.12. The molecule has 0 radical (unpaired) electrons. The number of hydrogen-bond acceptors (Lipinski definition) is 3. The molecule has 2 N–H and O–H groups in total. The van der Waals surface area contributed by atoms with Crippen molar-refractivity contribution in [3.63, 3.8) is 0 Å². The molecule has 0 aliphatic carbocycles. The summed E-state index contributed by atoms with van der Waals surface area (Å²) in [7, 11) is 0. The molecule has 0 atom stereocenters. The van der Waals surface area contributed by atoms with Crippen LogP contribution in [0.3, 0.4) is 0 Å². The average molecular weight is 330 g/mol. The largest absolute Gasteiger partial charge is 0.357 e. The van der Waals surface area contributed by atoms with Crippen LogP contribution in [0.1, 0.15) is 35.8 Å². The predicted octanol–water partition coefficient (Wildman–Crippen LogP) is 3.63. The molecule has 3 heterocycles. The van der Waals surface area contributed by atoms with Crippen LogP contribution < -0.4 is 0 Å². The third kappa shape index (κ3) is 2.86. The molecule has 1 aromatic carbocycles. The molecule has 4 rings (SSSR count). The fourth-order valence-corrected chi connectivity index (χ4v) is 3.68. The number of aryl methyl sites for hydroxylation is 1. The molecular weight excluding hydrogens is 310 g/mol. The second-order valence-corrected chi connectivity index (χ2v) is 6.78. The van der Waals surface area contributed by atoms with Gasteiger partial charge in [0.25, 0.3) is 0 Å². The normalized spacial score (nSPS) is 17.1. The van der Waals surface area contributed by atoms with Gasteiger partial charge in [0.05, 0.1) is 0 Å². The molecular formula is C17H20ClN5. The number of benzene rings is 1. The van der Waals surface area contributed by atoms with E-state index in [1.165, 1.54) is 22.2 Å². The van der Waals surface area contributed by atoms with Crippen LogP contribution in [0.2, 0.25) is 5.02 Å². The van der Waals surface area contributed by atoms with Crippen molar-refractivity contribution in [1.29, 1.82) is 0 Å². The topological polar surface area (TPSA) is 60.6 Å². The van der Waals surface area contributed by atoms with Crippen LogP contribution in [0.15, 0.2) is 24.5 Å². The van der Waals surface area contributed by atoms with Gasteiger partial charge in [-0.3, -0.25) is 10.00 Å². The molecule has 1 fully saturated rings. The van der Waals surface area contributed by atoms with Gasteiger partial charge in [0.1, 0.15) is 12.2 Å². The zero-order chi connectivity index (χ0) is 15.8. The molecule has 0 unspecified atom stereocenters. The van der Waals surface area contributed by atoms with E-state index in [2.05, 4.69) is 38.1 Å². The van der Waals surface area contributed by atoms with Gasteiger partial charge in [-0.25, -0.2) is 4.98 Å². The summed E-state index contributed by atoms with van der Waals surface area (Å²) in [4.78, 5) is 10.4. The fraction of sp³-hybridized carbons (Fsp3) is 0.412. The summed E-state index contributed by atoms with van der Waals surface area (Å²) in [5.74, 6) is 1.54. The summed E-state index contributed by atoms with van der Waals surface area (Å²) in [5, 5.41) is 8.98. The molecule has 3 aromatic rings. The van der Waals surface area contributed by atoms with Gasteiger partial charge in [-0.05, 0) is 56.6 Å². The van der Waals surface area contributed by atoms with Crippen molar-refractivity contribution in [2.75, 3.05) is 13.1 Å². The van der Waals surface area contributed by atoms with E-state index in [9.17, 15) is 0 Å². The number of piperidine rings is 1. The second kappa shape index (κ2) is 5.98. The van der Waals surface area contributed by atoms with Crippen molar-refractivity contribution < 1.29 is 0 Å². The Morgan fingerprint density at radius 1 is 1.30 bits per heavy atom. The maximum Gasteiger partial charge on any atom is 0.137 e. The van der Waals surface area contributed by atoms with E-state index in [4.69, 9.17) is 11.6 Å². The summed E-state index contributed by atoms with van der Waals surface area (Å²) >= 11 is 6.12. The minimum Gasteiger partial charge on any atom is -0.357 e. The molecule has 1 aliphatic heterocycles. The molecule has 0 bridgehead atoms. The second-order valence-electron chi connectivity index (χ2n) is 6.34. The van der Waals surface area contributed by atoms with Gasteiger partial charge >= 0.3 is 0 Å². The number of halogens is 1. The Bertz CT molecular complexity index is 800. The van der Waals surface area contributed by atoms with Crippen molar-refractivity contribution in [2.45, 2.75) is 32.2 Å². The van der Waals surface area contributed by atoms with Crippen LogP contribution in [0, 0.1) is 6.92 Å². The molecule has 0 amide bonds. The van der Waals surface area contributed by atoms with E-state index < -0.39 is 0 Å². The highest BCUT2D eigenvalue weighted by Crippen LogP contribution is 2.29. The SMILES string of the molecule is Cc1c(CN2CCC(c3ncn[nH]3)CC2)[nH]c2ccc(Cl)cc12. The van der Waals surface area contributed by atoms with Gasteiger partial charge in [0.2, 0.25) is 0 Å². The van der Waals surface area contributed by atoms with Crippen molar-refractivity contribution in [3.8, 4) is 0 Å². The fourth-order valence-electron chi connectivity index (χ4n) is 3.51. The van der Waals surface area contributed by atoms with Crippen molar-refractivity contribution >= 4 is 22.5 Å². The Hall–Kier alpha value is -1.85. The molecule has 1 saturated heterocycles. The first-order chi connectivity index (χ1) is 11.2. The molecule has 6 heteroatoms. The summed E-state index contributed by atoms with van der Waals surface area (Å²) in [6.45, 7) is 5.30. The van der Waals surface area contributed by atoms with E-state index in [1.54, 1.807) is 6.33 Å². The van der Waals surface area contributed by atoms with E-state index >= 15 is 0 Å². The predicted molar refractivity (Wildman–Crippen MR) is 91.7 cm³/mol. The minimum absolute atomic E-state index is 0.511. The van der Waals surface area contributed by atoms with E-state index in [0.717, 1.165) is 43.3 Å². The third-order valence-corrected chi connectivity index (χ3v) is 5.15. The Balaban J connectivity index is 1.46. The number of nitrogens with one attached hydrogen (secondary N) is 2. The first-order valence-electron chi connectivity index (χ1n) is 8.05. The summed E-state index contributed by atoms with van der Waals surface area (Å²) in [6.07, 6.45) is 3.85. The maximum absolute atomic E-state index is 6.12. The smallest absolute Gasteiger partial charge is 0.137 e. The lowest BCUT2D eigenvalue weighted by Crippen LogP contribution is -2.33. The summed E-state index contributed by atoms with van der Waals surface area (Å²) in [5.41, 5.74) is 3.76. The van der Waals surface area contributed by atoms with Crippen molar-refractivity contribution in [2.24, 2.45) is 0 Å². The van der Waals surface area contributed by atoms with Gasteiger partial charge in [0.15, 0.2) is 0 Å². The number of fused-ring (bicyclic) bond motifs is 1. The van der Waals surface area contributed by atoms with Gasteiger partial charge in [-0.15, -0.1) is 0 Å². The lowest BCUT2D eigenvalue weighted by atomic mass is 9.96. The van der Waals surface area contributed by atoms with Gasteiger partial charge in [-0.2, -0.15) is 5.10 Å². The molecule has 0 spiro atoms. The number of nitrogens with zero attached hydrogens (tertiary/aromatic N) is 3. The van der Waals surface area contributed by atoms with Crippen LogP contribution in [-0.4, -0.2) is 38.2 Å². The average Bonchev–Trinajstić information content (AvgIpc) is 3.19. The summed E-state index contributed by atoms with van der Waals surface area (Å²) in [6, 6.07) is 6.04. The van der Waals surface area contributed by atoms with Gasteiger partial charge in [0, 0.05) is 34.1 Å². The van der Waals surface area contributed by atoms with Crippen LogP contribution in [0.5, 0.6) is 0 Å². The number of hydrogen-bond donors (Lipinski definition) is 2. The Morgan fingerprint density at radius 2 is 2.13 bits per heavy atom. The molecule has 23 heavy (non-hydrogen) atoms. The van der Waals surface area contributed by atoms with Gasteiger partial charge in [-0.1, -0.05) is 11.6 Å². The van der Waals surface area contributed by atoms with Crippen LogP contribution >= 0.6 is 11.6 Å². The van der Waals surface area contributed by atoms with Crippen LogP contribution in [-0.2, 0) is 6.54 Å². The first-order valence-corrected chi connectivity index (χ1v) is 8.43. The zero-order valence-electron chi connectivity index (χ0n) is 13.1. The standard InChI is InChI=1S/C17H20ClN5/c1-11-14-8-13(18)2-3-15(14)21-16(11)9-23-6-4-12(5-7-23)17-19-10-20-22-17/h2-3,8,10,12,21H,4-7,9H2,1H3,(H,19,20,22). The summed E-state index contributed by atoms with van der Waals surface area (Å²) < 4.78 is 0. The Morgan fingerprint density at radius 3 is 2.87 bits per heavy atom. The highest BCUT2D eigenvalue weighted by molar-refractivity contribution is 6.31. The molecule has 5 nitrogen and oxygen atoms in total. The van der Waals surface area contributed by atoms with Gasteiger partial charge < -0.3 is 4.98 Å². The van der Waals surface area contributed by atoms with Crippen molar-refractivity contribution in [1.82, 2.24) is 25.1 Å². The molecule has 1 aliphatic rings. The highest BCUT2D eigenvalue weighted by Gasteiger charge is 2.23.